The van der Waals surface area contributed by atoms with Gasteiger partial charge < -0.3 is 9.47 Å². The zero-order valence-corrected chi connectivity index (χ0v) is 12.0. The minimum absolute atomic E-state index is 0.154. The molecule has 1 aliphatic rings. The van der Waals surface area contributed by atoms with E-state index >= 15 is 0 Å². The molecule has 0 amide bonds. The van der Waals surface area contributed by atoms with Crippen LogP contribution in [0.25, 0.3) is 11.1 Å². The molecule has 1 atom stereocenters. The molecule has 2 aromatic rings. The van der Waals surface area contributed by atoms with Gasteiger partial charge in [0.25, 0.3) is 0 Å². The molecular weight excluding hydrogens is 278 g/mol. The first-order chi connectivity index (χ1) is 10.8. The van der Waals surface area contributed by atoms with E-state index in [1.54, 1.807) is 24.3 Å². The van der Waals surface area contributed by atoms with Gasteiger partial charge in [-0.05, 0) is 41.8 Å². The van der Waals surface area contributed by atoms with E-state index in [-0.39, 0.29) is 11.9 Å². The lowest BCUT2D eigenvalue weighted by molar-refractivity contribution is -0.138. The highest BCUT2D eigenvalue weighted by Gasteiger charge is 2.25. The van der Waals surface area contributed by atoms with Crippen LogP contribution in [-0.2, 0) is 9.53 Å². The van der Waals surface area contributed by atoms with Gasteiger partial charge in [0, 0.05) is 6.61 Å². The summed E-state index contributed by atoms with van der Waals surface area (Å²) in [6.07, 6.45) is 0.724. The van der Waals surface area contributed by atoms with Crippen LogP contribution in [0.15, 0.2) is 48.5 Å². The molecule has 0 N–H and O–H groups in total. The monoisotopic (exact) mass is 293 g/mol. The number of rotatable bonds is 3. The van der Waals surface area contributed by atoms with Crippen molar-refractivity contribution in [3.8, 4) is 22.9 Å². The molecule has 1 aliphatic heterocycles. The third-order valence-corrected chi connectivity index (χ3v) is 3.68. The zero-order chi connectivity index (χ0) is 15.4. The van der Waals surface area contributed by atoms with E-state index in [2.05, 4.69) is 6.07 Å². The van der Waals surface area contributed by atoms with Crippen LogP contribution in [-0.4, -0.2) is 19.2 Å². The number of esters is 1. The second-order valence-corrected chi connectivity index (χ2v) is 5.20. The van der Waals surface area contributed by atoms with Crippen molar-refractivity contribution in [3.05, 3.63) is 54.1 Å². The standard InChI is InChI=1S/C18H15NO3/c19-11-13-1-3-14(4-2-13)15-5-7-17(8-6-15)22-18(20)16-9-10-21-12-16/h1-8,16H,9-10,12H2. The molecule has 0 bridgehead atoms. The first-order valence-corrected chi connectivity index (χ1v) is 7.16. The van der Waals surface area contributed by atoms with E-state index in [9.17, 15) is 4.79 Å². The highest BCUT2D eigenvalue weighted by atomic mass is 16.5. The normalized spacial score (nSPS) is 17.0. The van der Waals surface area contributed by atoms with Crippen LogP contribution in [0.5, 0.6) is 5.75 Å². The van der Waals surface area contributed by atoms with Crippen molar-refractivity contribution >= 4 is 5.97 Å². The van der Waals surface area contributed by atoms with Gasteiger partial charge in [-0.2, -0.15) is 5.26 Å². The van der Waals surface area contributed by atoms with Crippen molar-refractivity contribution in [1.82, 2.24) is 0 Å². The van der Waals surface area contributed by atoms with E-state index in [4.69, 9.17) is 14.7 Å². The van der Waals surface area contributed by atoms with Gasteiger partial charge in [0.1, 0.15) is 5.75 Å². The summed E-state index contributed by atoms with van der Waals surface area (Å²) in [5.74, 6) is 0.149. The average Bonchev–Trinajstić information content (AvgIpc) is 3.10. The van der Waals surface area contributed by atoms with E-state index in [0.29, 0.717) is 24.5 Å². The Morgan fingerprint density at radius 2 is 1.73 bits per heavy atom. The summed E-state index contributed by atoms with van der Waals surface area (Å²) in [5, 5.41) is 8.80. The number of hydrogen-bond acceptors (Lipinski definition) is 4. The molecule has 0 aliphatic carbocycles. The molecule has 22 heavy (non-hydrogen) atoms. The van der Waals surface area contributed by atoms with Crippen molar-refractivity contribution < 1.29 is 14.3 Å². The van der Waals surface area contributed by atoms with Gasteiger partial charge in [0.05, 0.1) is 24.2 Å². The van der Waals surface area contributed by atoms with Crippen LogP contribution < -0.4 is 4.74 Å². The van der Waals surface area contributed by atoms with Gasteiger partial charge in [0.2, 0.25) is 0 Å². The van der Waals surface area contributed by atoms with Crippen LogP contribution in [0.1, 0.15) is 12.0 Å². The molecule has 4 nitrogen and oxygen atoms in total. The fraction of sp³-hybridized carbons (Fsp3) is 0.222. The maximum Gasteiger partial charge on any atom is 0.316 e. The Labute approximate surface area is 128 Å². The van der Waals surface area contributed by atoms with E-state index < -0.39 is 0 Å². The lowest BCUT2D eigenvalue weighted by Crippen LogP contribution is -2.20. The van der Waals surface area contributed by atoms with Crippen molar-refractivity contribution in [1.29, 1.82) is 5.26 Å². The van der Waals surface area contributed by atoms with E-state index in [0.717, 1.165) is 17.5 Å². The predicted octanol–water partition coefficient (Wildman–Crippen LogP) is 3.17. The van der Waals surface area contributed by atoms with Crippen LogP contribution >= 0.6 is 0 Å². The Morgan fingerprint density at radius 1 is 1.09 bits per heavy atom. The Balaban J connectivity index is 1.69. The molecule has 110 valence electrons. The average molecular weight is 293 g/mol. The summed E-state index contributed by atoms with van der Waals surface area (Å²) >= 11 is 0. The molecule has 0 aromatic heterocycles. The zero-order valence-electron chi connectivity index (χ0n) is 12.0. The maximum absolute atomic E-state index is 11.9. The second kappa shape index (κ2) is 6.42. The SMILES string of the molecule is N#Cc1ccc(-c2ccc(OC(=O)C3CCOC3)cc2)cc1. The largest absolute Gasteiger partial charge is 0.426 e. The molecule has 1 heterocycles. The number of carbonyl (C=O) groups is 1. The number of hydrogen-bond donors (Lipinski definition) is 0. The van der Waals surface area contributed by atoms with Gasteiger partial charge in [-0.1, -0.05) is 24.3 Å². The Morgan fingerprint density at radius 3 is 2.27 bits per heavy atom. The first-order valence-electron chi connectivity index (χ1n) is 7.16. The summed E-state index contributed by atoms with van der Waals surface area (Å²) in [4.78, 5) is 11.9. The fourth-order valence-corrected chi connectivity index (χ4v) is 2.37. The van der Waals surface area contributed by atoms with Gasteiger partial charge >= 0.3 is 5.97 Å². The molecule has 1 saturated heterocycles. The highest BCUT2D eigenvalue weighted by Crippen LogP contribution is 2.24. The van der Waals surface area contributed by atoms with Crippen LogP contribution in [0, 0.1) is 17.2 Å². The van der Waals surface area contributed by atoms with Gasteiger partial charge in [-0.3, -0.25) is 4.79 Å². The Kier molecular flexibility index (Phi) is 4.17. The minimum Gasteiger partial charge on any atom is -0.426 e. The first kappa shape index (κ1) is 14.3. The van der Waals surface area contributed by atoms with Gasteiger partial charge in [-0.15, -0.1) is 0 Å². The topological polar surface area (TPSA) is 59.3 Å². The summed E-state index contributed by atoms with van der Waals surface area (Å²) in [5.41, 5.74) is 2.66. The van der Waals surface area contributed by atoms with Crippen molar-refractivity contribution in [2.24, 2.45) is 5.92 Å². The van der Waals surface area contributed by atoms with Gasteiger partial charge in [-0.25, -0.2) is 0 Å². The molecule has 0 spiro atoms. The van der Waals surface area contributed by atoms with Crippen LogP contribution in [0.2, 0.25) is 0 Å². The Hall–Kier alpha value is -2.64. The summed E-state index contributed by atoms with van der Waals surface area (Å²) < 4.78 is 10.6. The number of nitrogens with zero attached hydrogens (tertiary/aromatic N) is 1. The lowest BCUT2D eigenvalue weighted by Gasteiger charge is -2.09. The fourth-order valence-electron chi connectivity index (χ4n) is 2.37. The Bertz CT molecular complexity index is 693. The molecule has 2 aromatic carbocycles. The summed E-state index contributed by atoms with van der Waals surface area (Å²) in [6.45, 7) is 1.07. The van der Waals surface area contributed by atoms with Crippen molar-refractivity contribution in [2.75, 3.05) is 13.2 Å². The molecule has 4 heteroatoms. The maximum atomic E-state index is 11.9. The van der Waals surface area contributed by atoms with E-state index in [1.807, 2.05) is 24.3 Å². The molecule has 1 fully saturated rings. The predicted molar refractivity (Wildman–Crippen MR) is 81.2 cm³/mol. The number of nitriles is 1. The molecule has 1 unspecified atom stereocenters. The molecular formula is C18H15NO3. The molecule has 0 radical (unpaired) electrons. The van der Waals surface area contributed by atoms with Crippen molar-refractivity contribution in [3.63, 3.8) is 0 Å². The van der Waals surface area contributed by atoms with E-state index in [1.165, 1.54) is 0 Å². The molecule has 3 rings (SSSR count). The summed E-state index contributed by atoms with van der Waals surface area (Å²) in [7, 11) is 0. The van der Waals surface area contributed by atoms with Crippen LogP contribution in [0.3, 0.4) is 0 Å². The van der Waals surface area contributed by atoms with Gasteiger partial charge in [0.15, 0.2) is 0 Å². The summed E-state index contributed by atoms with van der Waals surface area (Å²) in [6, 6.07) is 16.8. The number of carbonyl (C=O) groups excluding carboxylic acids is 1. The second-order valence-electron chi connectivity index (χ2n) is 5.20. The third kappa shape index (κ3) is 3.16. The number of benzene rings is 2. The minimum atomic E-state index is -0.233. The van der Waals surface area contributed by atoms with Crippen molar-refractivity contribution in [2.45, 2.75) is 6.42 Å². The van der Waals surface area contributed by atoms with Crippen LogP contribution in [0.4, 0.5) is 0 Å². The third-order valence-electron chi connectivity index (χ3n) is 3.68. The molecule has 0 saturated carbocycles. The smallest absolute Gasteiger partial charge is 0.316 e. The lowest BCUT2D eigenvalue weighted by atomic mass is 10.0. The highest BCUT2D eigenvalue weighted by molar-refractivity contribution is 5.76. The number of ether oxygens (including phenoxy) is 2. The quantitative estimate of drug-likeness (QED) is 0.644.